The van der Waals surface area contributed by atoms with E-state index in [0.29, 0.717) is 0 Å². The molecule has 3 heterocycles. The number of aliphatic hydroxyl groups excluding tert-OH is 3. The van der Waals surface area contributed by atoms with Gasteiger partial charge in [-0.3, -0.25) is 9.11 Å². The van der Waals surface area contributed by atoms with Crippen LogP contribution in [0.2, 0.25) is 0 Å². The van der Waals surface area contributed by atoms with Crippen LogP contribution in [0.15, 0.2) is 0 Å². The molecule has 2 bridgehead atoms. The second-order valence-corrected chi connectivity index (χ2v) is 8.96. The summed E-state index contributed by atoms with van der Waals surface area (Å²) in [5.74, 6) is 0. The van der Waals surface area contributed by atoms with E-state index < -0.39 is 88.8 Å². The maximum Gasteiger partial charge on any atom is 0.397 e. The number of rotatable bonds is 8. The van der Waals surface area contributed by atoms with Crippen LogP contribution in [0.3, 0.4) is 0 Å². The Kier molecular flexibility index (Phi) is 7.55. The molecule has 3 aliphatic heterocycles. The van der Waals surface area contributed by atoms with Gasteiger partial charge in [-0.2, -0.15) is 16.8 Å². The standard InChI is InChI=1S/C13H22O16S2/c1-23-13-11(29-31(20,21)22)10-9(5(26-13)3-24-10)27-12-7(16)6(15)8(4(2-14)25-12)28-30(17,18)19/h4-16H,2-3H2,1H3,(H,17,18,19)(H,20,21,22)/t4-,5+,6-,7-,8+,9?,10-,11-,12+,13-/m0/s1. The Morgan fingerprint density at radius 1 is 0.903 bits per heavy atom. The molecule has 182 valence electrons. The number of hydrogen-bond donors (Lipinski definition) is 5. The molecule has 0 aromatic carbocycles. The second-order valence-electron chi connectivity index (χ2n) is 6.86. The highest BCUT2D eigenvalue weighted by Gasteiger charge is 2.57. The summed E-state index contributed by atoms with van der Waals surface area (Å²) < 4.78 is 97.6. The third kappa shape index (κ3) is 5.68. The van der Waals surface area contributed by atoms with Crippen molar-refractivity contribution < 1.29 is 73.3 Å². The second kappa shape index (κ2) is 9.35. The van der Waals surface area contributed by atoms with E-state index in [4.69, 9.17) is 32.8 Å². The molecule has 3 aliphatic rings. The van der Waals surface area contributed by atoms with Gasteiger partial charge < -0.3 is 39.0 Å². The van der Waals surface area contributed by atoms with Crippen molar-refractivity contribution in [2.75, 3.05) is 20.3 Å². The van der Waals surface area contributed by atoms with Gasteiger partial charge in [-0.05, 0) is 0 Å². The fourth-order valence-corrected chi connectivity index (χ4v) is 4.58. The SMILES string of the molecule is CO[C@H]1O[C@@H]2CO[C@@H](C2O[C@H]2O[C@@H](CO)[C@@H](OS(=O)(=O)O)[C@@H](O)[C@@H]2O)[C@@H]1OS(=O)(=O)O. The molecule has 3 fully saturated rings. The summed E-state index contributed by atoms with van der Waals surface area (Å²) in [6, 6.07) is 0. The van der Waals surface area contributed by atoms with Crippen LogP contribution in [0.25, 0.3) is 0 Å². The van der Waals surface area contributed by atoms with Gasteiger partial charge in [-0.15, -0.1) is 0 Å². The van der Waals surface area contributed by atoms with Crippen LogP contribution < -0.4 is 0 Å². The van der Waals surface area contributed by atoms with E-state index in [2.05, 4.69) is 8.37 Å². The Hall–Kier alpha value is -0.580. The normalized spacial score (nSPS) is 43.8. The zero-order valence-corrected chi connectivity index (χ0v) is 17.4. The Balaban J connectivity index is 1.77. The topological polar surface area (TPSA) is 234 Å². The highest BCUT2D eigenvalue weighted by molar-refractivity contribution is 7.81. The van der Waals surface area contributed by atoms with Gasteiger partial charge in [0.05, 0.1) is 13.2 Å². The monoisotopic (exact) mass is 498 g/mol. The molecule has 0 spiro atoms. The van der Waals surface area contributed by atoms with Gasteiger partial charge in [0, 0.05) is 7.11 Å². The lowest BCUT2D eigenvalue weighted by molar-refractivity contribution is -0.334. The van der Waals surface area contributed by atoms with Crippen LogP contribution in [0.4, 0.5) is 0 Å². The molecule has 0 aromatic heterocycles. The highest BCUT2D eigenvalue weighted by atomic mass is 32.3. The van der Waals surface area contributed by atoms with Gasteiger partial charge in [0.15, 0.2) is 18.7 Å². The molecule has 18 heteroatoms. The van der Waals surface area contributed by atoms with Crippen molar-refractivity contribution in [1.29, 1.82) is 0 Å². The van der Waals surface area contributed by atoms with E-state index in [9.17, 15) is 32.2 Å². The largest absolute Gasteiger partial charge is 0.397 e. The van der Waals surface area contributed by atoms with Crippen LogP contribution in [0, 0.1) is 0 Å². The maximum absolute atomic E-state index is 11.2. The molecule has 5 N–H and O–H groups in total. The van der Waals surface area contributed by atoms with E-state index in [-0.39, 0.29) is 6.61 Å². The molecule has 0 aliphatic carbocycles. The number of ether oxygens (including phenoxy) is 5. The quantitative estimate of drug-likeness (QED) is 0.200. The van der Waals surface area contributed by atoms with Crippen molar-refractivity contribution in [3.05, 3.63) is 0 Å². The van der Waals surface area contributed by atoms with Crippen LogP contribution in [0.1, 0.15) is 0 Å². The number of methoxy groups -OCH3 is 1. The van der Waals surface area contributed by atoms with E-state index in [1.807, 2.05) is 0 Å². The van der Waals surface area contributed by atoms with Gasteiger partial charge in [-0.1, -0.05) is 0 Å². The van der Waals surface area contributed by atoms with Crippen molar-refractivity contribution in [2.24, 2.45) is 0 Å². The van der Waals surface area contributed by atoms with E-state index in [1.165, 1.54) is 7.11 Å². The smallest absolute Gasteiger partial charge is 0.394 e. The summed E-state index contributed by atoms with van der Waals surface area (Å²) in [5.41, 5.74) is 0. The number of aliphatic hydroxyl groups is 3. The first-order valence-corrected chi connectivity index (χ1v) is 11.5. The first-order chi connectivity index (χ1) is 14.3. The molecule has 0 amide bonds. The molecule has 0 saturated carbocycles. The molecule has 10 atom stereocenters. The summed E-state index contributed by atoms with van der Waals surface area (Å²) >= 11 is 0. The number of hydrogen-bond acceptors (Lipinski definition) is 14. The minimum absolute atomic E-state index is 0.121. The first kappa shape index (κ1) is 25.1. The van der Waals surface area contributed by atoms with E-state index in [1.54, 1.807) is 0 Å². The summed E-state index contributed by atoms with van der Waals surface area (Å²) in [5, 5.41) is 29.9. The molecule has 0 aromatic rings. The summed E-state index contributed by atoms with van der Waals surface area (Å²) in [6.45, 7) is -1.02. The van der Waals surface area contributed by atoms with E-state index in [0.717, 1.165) is 0 Å². The number of fused-ring (bicyclic) bond motifs is 2. The zero-order valence-electron chi connectivity index (χ0n) is 15.7. The molecular weight excluding hydrogens is 476 g/mol. The van der Waals surface area contributed by atoms with Gasteiger partial charge in [0.25, 0.3) is 0 Å². The molecule has 3 saturated heterocycles. The molecule has 0 radical (unpaired) electrons. The Morgan fingerprint density at radius 3 is 2.06 bits per heavy atom. The average Bonchev–Trinajstić information content (AvgIpc) is 2.95. The first-order valence-electron chi connectivity index (χ1n) is 8.73. The zero-order chi connectivity index (χ0) is 23.1. The molecule has 3 rings (SSSR count). The van der Waals surface area contributed by atoms with Gasteiger partial charge in [0.1, 0.15) is 42.7 Å². The minimum atomic E-state index is -5.06. The van der Waals surface area contributed by atoms with Crippen molar-refractivity contribution in [3.8, 4) is 0 Å². The van der Waals surface area contributed by atoms with Crippen molar-refractivity contribution in [1.82, 2.24) is 0 Å². The van der Waals surface area contributed by atoms with Gasteiger partial charge in [0.2, 0.25) is 0 Å². The summed E-state index contributed by atoms with van der Waals surface area (Å²) in [6.07, 6.45) is -15.0. The van der Waals surface area contributed by atoms with Crippen molar-refractivity contribution in [2.45, 2.75) is 61.4 Å². The molecule has 16 nitrogen and oxygen atoms in total. The maximum atomic E-state index is 11.2. The Morgan fingerprint density at radius 2 is 1.52 bits per heavy atom. The minimum Gasteiger partial charge on any atom is -0.394 e. The van der Waals surface area contributed by atoms with Gasteiger partial charge in [-0.25, -0.2) is 8.37 Å². The fourth-order valence-electron chi connectivity index (χ4n) is 3.58. The third-order valence-corrected chi connectivity index (χ3v) is 5.78. The van der Waals surface area contributed by atoms with Crippen molar-refractivity contribution >= 4 is 20.8 Å². The fraction of sp³-hybridized carbons (Fsp3) is 1.00. The Bertz CT molecular complexity index is 828. The lowest BCUT2D eigenvalue weighted by Crippen LogP contribution is -2.63. The van der Waals surface area contributed by atoms with Crippen LogP contribution in [0.5, 0.6) is 0 Å². The molecule has 31 heavy (non-hydrogen) atoms. The predicted molar refractivity (Wildman–Crippen MR) is 90.9 cm³/mol. The third-order valence-electron chi connectivity index (χ3n) is 4.85. The van der Waals surface area contributed by atoms with Crippen LogP contribution in [-0.2, 0) is 52.8 Å². The van der Waals surface area contributed by atoms with Gasteiger partial charge >= 0.3 is 20.8 Å². The van der Waals surface area contributed by atoms with E-state index >= 15 is 0 Å². The molecular formula is C13H22O16S2. The summed E-state index contributed by atoms with van der Waals surface area (Å²) in [7, 11) is -8.82. The lowest BCUT2D eigenvalue weighted by Gasteiger charge is -2.44. The Labute approximate surface area is 176 Å². The van der Waals surface area contributed by atoms with Crippen LogP contribution >= 0.6 is 0 Å². The molecule has 1 unspecified atom stereocenters. The van der Waals surface area contributed by atoms with Crippen molar-refractivity contribution in [3.63, 3.8) is 0 Å². The highest BCUT2D eigenvalue weighted by Crippen LogP contribution is 2.37. The van der Waals surface area contributed by atoms with Crippen LogP contribution in [-0.4, -0.2) is 123 Å². The summed E-state index contributed by atoms with van der Waals surface area (Å²) in [4.78, 5) is 0. The average molecular weight is 498 g/mol. The predicted octanol–water partition coefficient (Wildman–Crippen LogP) is -4.04. The lowest BCUT2D eigenvalue weighted by atomic mass is 9.98.